The summed E-state index contributed by atoms with van der Waals surface area (Å²) in [6.07, 6.45) is 0. The lowest BCUT2D eigenvalue weighted by Crippen LogP contribution is -2.48. The number of nitrogens with one attached hydrogen (secondary N) is 1. The quantitative estimate of drug-likeness (QED) is 0.648. The molecule has 2 heterocycles. The number of para-hydroxylation sites is 1. The molecule has 4 rings (SSSR count). The molecule has 0 saturated carbocycles. The molecular formula is C22H24N4O3S. The predicted octanol–water partition coefficient (Wildman–Crippen LogP) is 3.87. The van der Waals surface area contributed by atoms with Crippen LogP contribution in [-0.2, 0) is 0 Å². The molecule has 8 heteroatoms. The molecular weight excluding hydrogens is 400 g/mol. The number of hydrogen-bond donors (Lipinski definition) is 1. The first-order valence-electron chi connectivity index (χ1n) is 9.72. The van der Waals surface area contributed by atoms with Gasteiger partial charge in [-0.1, -0.05) is 18.2 Å². The number of rotatable bonds is 6. The SMILES string of the molecule is COc1ccc(Nc2nc(C(=O)N3CCN(c4ccccc4)CC3)cs2)c(OC)c1. The van der Waals surface area contributed by atoms with Crippen LogP contribution in [0.3, 0.4) is 0 Å². The van der Waals surface area contributed by atoms with Crippen molar-refractivity contribution in [2.45, 2.75) is 0 Å². The number of thiazole rings is 1. The monoisotopic (exact) mass is 424 g/mol. The van der Waals surface area contributed by atoms with Crippen LogP contribution < -0.4 is 19.7 Å². The third-order valence-electron chi connectivity index (χ3n) is 5.06. The maximum Gasteiger partial charge on any atom is 0.273 e. The Morgan fingerprint density at radius 3 is 2.50 bits per heavy atom. The minimum absolute atomic E-state index is 0.0336. The molecule has 0 radical (unpaired) electrons. The van der Waals surface area contributed by atoms with E-state index in [1.54, 1.807) is 25.7 Å². The summed E-state index contributed by atoms with van der Waals surface area (Å²) in [6.45, 7) is 2.99. The van der Waals surface area contributed by atoms with E-state index in [0.717, 1.165) is 18.8 Å². The van der Waals surface area contributed by atoms with Crippen molar-refractivity contribution in [3.63, 3.8) is 0 Å². The average Bonchev–Trinajstić information content (AvgIpc) is 3.28. The molecule has 0 atom stereocenters. The smallest absolute Gasteiger partial charge is 0.273 e. The molecule has 1 amide bonds. The molecule has 7 nitrogen and oxygen atoms in total. The molecule has 1 aromatic heterocycles. The van der Waals surface area contributed by atoms with E-state index in [4.69, 9.17) is 9.47 Å². The van der Waals surface area contributed by atoms with Crippen LogP contribution in [0, 0.1) is 0 Å². The number of carbonyl (C=O) groups excluding carboxylic acids is 1. The van der Waals surface area contributed by atoms with Crippen LogP contribution in [0.25, 0.3) is 0 Å². The fourth-order valence-corrected chi connectivity index (χ4v) is 4.11. The molecule has 2 aromatic carbocycles. The first-order chi connectivity index (χ1) is 14.7. The summed E-state index contributed by atoms with van der Waals surface area (Å²) >= 11 is 1.40. The van der Waals surface area contributed by atoms with E-state index in [1.165, 1.54) is 17.0 Å². The molecule has 1 N–H and O–H groups in total. The van der Waals surface area contributed by atoms with E-state index >= 15 is 0 Å². The largest absolute Gasteiger partial charge is 0.497 e. The summed E-state index contributed by atoms with van der Waals surface area (Å²) in [7, 11) is 3.21. The van der Waals surface area contributed by atoms with Crippen molar-refractivity contribution < 1.29 is 14.3 Å². The zero-order valence-corrected chi connectivity index (χ0v) is 17.8. The van der Waals surface area contributed by atoms with Gasteiger partial charge in [0.2, 0.25) is 0 Å². The van der Waals surface area contributed by atoms with E-state index < -0.39 is 0 Å². The van der Waals surface area contributed by atoms with E-state index in [0.29, 0.717) is 35.4 Å². The fourth-order valence-electron chi connectivity index (χ4n) is 3.41. The second kappa shape index (κ2) is 9.04. The predicted molar refractivity (Wildman–Crippen MR) is 120 cm³/mol. The van der Waals surface area contributed by atoms with Gasteiger partial charge >= 0.3 is 0 Å². The molecule has 1 aliphatic heterocycles. The molecule has 1 aliphatic rings. The number of piperazine rings is 1. The maximum absolute atomic E-state index is 12.9. The Balaban J connectivity index is 1.39. The van der Waals surface area contributed by atoms with Crippen molar-refractivity contribution in [3.8, 4) is 11.5 Å². The first kappa shape index (κ1) is 20.0. The highest BCUT2D eigenvalue weighted by atomic mass is 32.1. The second-order valence-electron chi connectivity index (χ2n) is 6.84. The van der Waals surface area contributed by atoms with Gasteiger partial charge in [-0.2, -0.15) is 0 Å². The van der Waals surface area contributed by atoms with E-state index in [-0.39, 0.29) is 5.91 Å². The normalized spacial score (nSPS) is 13.8. The van der Waals surface area contributed by atoms with Crippen molar-refractivity contribution in [2.24, 2.45) is 0 Å². The molecule has 1 saturated heterocycles. The van der Waals surface area contributed by atoms with Gasteiger partial charge in [-0.25, -0.2) is 4.98 Å². The summed E-state index contributed by atoms with van der Waals surface area (Å²) in [5, 5.41) is 5.67. The molecule has 0 bridgehead atoms. The number of hydrogen-bond acceptors (Lipinski definition) is 7. The highest BCUT2D eigenvalue weighted by molar-refractivity contribution is 7.14. The molecule has 0 spiro atoms. The topological polar surface area (TPSA) is 66.9 Å². The average molecular weight is 425 g/mol. The summed E-state index contributed by atoms with van der Waals surface area (Å²) in [5.41, 5.74) is 2.42. The third kappa shape index (κ3) is 4.33. The van der Waals surface area contributed by atoms with Crippen molar-refractivity contribution in [3.05, 3.63) is 59.6 Å². The van der Waals surface area contributed by atoms with Crippen molar-refractivity contribution in [1.29, 1.82) is 0 Å². The second-order valence-corrected chi connectivity index (χ2v) is 7.70. The number of benzene rings is 2. The van der Waals surface area contributed by atoms with E-state index in [1.807, 2.05) is 35.2 Å². The van der Waals surface area contributed by atoms with Crippen LogP contribution >= 0.6 is 11.3 Å². The standard InChI is InChI=1S/C22H24N4O3S/c1-28-17-8-9-18(20(14-17)29-2)23-22-24-19(15-30-22)21(27)26-12-10-25(11-13-26)16-6-4-3-5-7-16/h3-9,14-15H,10-13H2,1-2H3,(H,23,24). The van der Waals surface area contributed by atoms with Gasteiger partial charge < -0.3 is 24.6 Å². The summed E-state index contributed by atoms with van der Waals surface area (Å²) in [4.78, 5) is 21.6. The van der Waals surface area contributed by atoms with Gasteiger partial charge in [-0.05, 0) is 24.3 Å². The van der Waals surface area contributed by atoms with E-state index in [9.17, 15) is 4.79 Å². The van der Waals surface area contributed by atoms with Gasteiger partial charge in [0.25, 0.3) is 5.91 Å². The molecule has 3 aromatic rings. The van der Waals surface area contributed by atoms with Gasteiger partial charge in [0.1, 0.15) is 17.2 Å². The number of methoxy groups -OCH3 is 2. The Morgan fingerprint density at radius 2 is 1.80 bits per heavy atom. The van der Waals surface area contributed by atoms with Crippen LogP contribution in [0.2, 0.25) is 0 Å². The lowest BCUT2D eigenvalue weighted by molar-refractivity contribution is 0.0742. The number of carbonyl (C=O) groups is 1. The summed E-state index contributed by atoms with van der Waals surface area (Å²) in [6, 6.07) is 15.8. The molecule has 0 aliphatic carbocycles. The number of aromatic nitrogens is 1. The zero-order valence-electron chi connectivity index (χ0n) is 17.0. The highest BCUT2D eigenvalue weighted by Crippen LogP contribution is 2.32. The van der Waals surface area contributed by atoms with Gasteiger partial charge in [0.05, 0.1) is 19.9 Å². The minimum Gasteiger partial charge on any atom is -0.497 e. The molecule has 156 valence electrons. The van der Waals surface area contributed by atoms with Gasteiger partial charge in [-0.3, -0.25) is 4.79 Å². The lowest BCUT2D eigenvalue weighted by Gasteiger charge is -2.35. The molecule has 30 heavy (non-hydrogen) atoms. The highest BCUT2D eigenvalue weighted by Gasteiger charge is 2.24. The van der Waals surface area contributed by atoms with Crippen LogP contribution in [-0.4, -0.2) is 56.2 Å². The van der Waals surface area contributed by atoms with Crippen LogP contribution in [0.4, 0.5) is 16.5 Å². The Morgan fingerprint density at radius 1 is 1.03 bits per heavy atom. The lowest BCUT2D eigenvalue weighted by atomic mass is 10.2. The van der Waals surface area contributed by atoms with Crippen LogP contribution in [0.15, 0.2) is 53.9 Å². The van der Waals surface area contributed by atoms with Crippen LogP contribution in [0.1, 0.15) is 10.5 Å². The van der Waals surface area contributed by atoms with Crippen LogP contribution in [0.5, 0.6) is 11.5 Å². The van der Waals surface area contributed by atoms with Crippen molar-refractivity contribution in [1.82, 2.24) is 9.88 Å². The Hall–Kier alpha value is -3.26. The first-order valence-corrected chi connectivity index (χ1v) is 10.6. The summed E-state index contributed by atoms with van der Waals surface area (Å²) in [5.74, 6) is 1.32. The number of nitrogens with zero attached hydrogens (tertiary/aromatic N) is 3. The minimum atomic E-state index is -0.0336. The van der Waals surface area contributed by atoms with Crippen molar-refractivity contribution >= 4 is 33.8 Å². The zero-order chi connectivity index (χ0) is 20.9. The molecule has 0 unspecified atom stereocenters. The van der Waals surface area contributed by atoms with Gasteiger partial charge in [0, 0.05) is 43.3 Å². The molecule has 1 fully saturated rings. The van der Waals surface area contributed by atoms with Gasteiger partial charge in [-0.15, -0.1) is 11.3 Å². The maximum atomic E-state index is 12.9. The number of ether oxygens (including phenoxy) is 2. The van der Waals surface area contributed by atoms with Gasteiger partial charge in [0.15, 0.2) is 5.13 Å². The fraction of sp³-hybridized carbons (Fsp3) is 0.273. The van der Waals surface area contributed by atoms with E-state index in [2.05, 4.69) is 27.3 Å². The number of amides is 1. The third-order valence-corrected chi connectivity index (χ3v) is 5.82. The Labute approximate surface area is 179 Å². The number of anilines is 3. The Kier molecular flexibility index (Phi) is 6.04. The summed E-state index contributed by atoms with van der Waals surface area (Å²) < 4.78 is 10.6. The Bertz CT molecular complexity index is 1000. The van der Waals surface area contributed by atoms with Crippen molar-refractivity contribution in [2.75, 3.05) is 50.6 Å².